The second-order valence-electron chi connectivity index (χ2n) is 15.0. The Morgan fingerprint density at radius 1 is 1.04 bits per heavy atom. The molecule has 1 spiro atoms. The van der Waals surface area contributed by atoms with Crippen LogP contribution >= 0.6 is 0 Å². The molecule has 2 aromatic rings. The average molecular weight is 768 g/mol. The number of piperidine rings is 1. The van der Waals surface area contributed by atoms with Crippen LogP contribution in [0.15, 0.2) is 71.9 Å². The number of ether oxygens (including phenoxy) is 4. The van der Waals surface area contributed by atoms with Gasteiger partial charge >= 0.3 is 0 Å². The van der Waals surface area contributed by atoms with Gasteiger partial charge in [-0.15, -0.1) is 0 Å². The van der Waals surface area contributed by atoms with Gasteiger partial charge in [0.15, 0.2) is 11.6 Å². The first-order chi connectivity index (χ1) is 27.0. The van der Waals surface area contributed by atoms with Gasteiger partial charge in [0.25, 0.3) is 0 Å². The molecule has 0 aliphatic carbocycles. The highest BCUT2D eigenvalue weighted by atomic mass is 16.5. The molecule has 4 aliphatic rings. The van der Waals surface area contributed by atoms with Crippen molar-refractivity contribution < 1.29 is 33.3 Å². The van der Waals surface area contributed by atoms with Crippen LogP contribution in [-0.4, -0.2) is 112 Å². The fraction of sp³-hybridized carbons (Fsp3) is 0.477. The molecule has 2 N–H and O–H groups in total. The predicted molar refractivity (Wildman–Crippen MR) is 217 cm³/mol. The number of unbranched alkanes of at least 4 members (excludes halogenated alkanes) is 1. The second kappa shape index (κ2) is 17.8. The summed E-state index contributed by atoms with van der Waals surface area (Å²) in [6.07, 6.45) is 7.92. The molecule has 0 unspecified atom stereocenters. The third-order valence-corrected chi connectivity index (χ3v) is 11.4. The summed E-state index contributed by atoms with van der Waals surface area (Å²) in [6.45, 7) is 12.6. The molecule has 1 amide bonds. The maximum absolute atomic E-state index is 13.4. The Labute approximate surface area is 331 Å². The Morgan fingerprint density at radius 3 is 2.43 bits per heavy atom. The lowest BCUT2D eigenvalue weighted by molar-refractivity contribution is -0.159. The minimum Gasteiger partial charge on any atom is -0.496 e. The van der Waals surface area contributed by atoms with E-state index in [4.69, 9.17) is 18.9 Å². The van der Waals surface area contributed by atoms with Crippen LogP contribution in [-0.2, 0) is 16.1 Å². The zero-order valence-electron chi connectivity index (χ0n) is 33.8. The van der Waals surface area contributed by atoms with Gasteiger partial charge < -0.3 is 39.4 Å². The van der Waals surface area contributed by atoms with Gasteiger partial charge in [-0.2, -0.15) is 0 Å². The van der Waals surface area contributed by atoms with E-state index in [1.807, 2.05) is 19.0 Å². The van der Waals surface area contributed by atoms with Crippen molar-refractivity contribution in [2.24, 2.45) is 0 Å². The number of benzene rings is 2. The van der Waals surface area contributed by atoms with Crippen LogP contribution in [0.2, 0.25) is 0 Å². The fourth-order valence-corrected chi connectivity index (χ4v) is 8.16. The van der Waals surface area contributed by atoms with Crippen molar-refractivity contribution in [1.29, 1.82) is 0 Å². The van der Waals surface area contributed by atoms with Gasteiger partial charge in [-0.1, -0.05) is 25.6 Å². The Hall–Kier alpha value is -5.07. The summed E-state index contributed by atoms with van der Waals surface area (Å²) >= 11 is 0. The number of nitrogens with one attached hydrogen (secondary N) is 2. The van der Waals surface area contributed by atoms with Crippen molar-refractivity contribution in [3.05, 3.63) is 94.1 Å². The number of likely N-dealkylation sites (N-methyl/N-ethyl adjacent to an activating group) is 1. The number of allylic oxidation sites excluding steroid dienone is 1. The standard InChI is InChI=1S/C44H57N5O7/c1-8-37(51)32-12-11-13-38(43(32)30(3)50)55-20-10-9-14-42(52)49-19-21-56-44(28-49)15-17-48(18-16-44)27-36-39(53-6)22-31(23-40(36)54-7)35-26-47(5)29(2)33-24-41(45-4)46-25-34(33)35/h11-13,22-24,26,45-46H,2,8-10,14-21,25,27-28H2,1,3-7H3. The summed E-state index contributed by atoms with van der Waals surface area (Å²) in [5, 5.41) is 6.67. The third kappa shape index (κ3) is 8.66. The molecule has 0 aromatic heterocycles. The summed E-state index contributed by atoms with van der Waals surface area (Å²) in [4.78, 5) is 44.5. The highest BCUT2D eigenvalue weighted by Gasteiger charge is 2.41. The van der Waals surface area contributed by atoms with Gasteiger partial charge in [-0.05, 0) is 68.0 Å². The summed E-state index contributed by atoms with van der Waals surface area (Å²) in [5.41, 5.74) is 6.70. The Bertz CT molecular complexity index is 1920. The monoisotopic (exact) mass is 767 g/mol. The van der Waals surface area contributed by atoms with Crippen LogP contribution < -0.4 is 24.8 Å². The number of methoxy groups -OCH3 is 2. The van der Waals surface area contributed by atoms with Crippen LogP contribution in [0.3, 0.4) is 0 Å². The number of hydrogen-bond acceptors (Lipinski definition) is 11. The number of Topliss-reactive ketones (excluding diaryl/α,β-unsaturated/α-hetero) is 2. The minimum absolute atomic E-state index is 0.0877. The summed E-state index contributed by atoms with van der Waals surface area (Å²) in [5.74, 6) is 2.78. The van der Waals surface area contributed by atoms with Gasteiger partial charge in [0, 0.05) is 94.8 Å². The van der Waals surface area contributed by atoms with Crippen LogP contribution in [0.4, 0.5) is 0 Å². The topological polar surface area (TPSA) is 122 Å². The number of carbonyl (C=O) groups is 3. The summed E-state index contributed by atoms with van der Waals surface area (Å²) in [7, 11) is 7.34. The third-order valence-electron chi connectivity index (χ3n) is 11.4. The lowest BCUT2D eigenvalue weighted by Crippen LogP contribution is -2.57. The molecule has 0 radical (unpaired) electrons. The molecule has 4 aliphatic heterocycles. The van der Waals surface area contributed by atoms with E-state index < -0.39 is 0 Å². The smallest absolute Gasteiger partial charge is 0.222 e. The molecule has 2 fully saturated rings. The minimum atomic E-state index is -0.361. The fourth-order valence-electron chi connectivity index (χ4n) is 8.16. The van der Waals surface area contributed by atoms with Gasteiger partial charge in [-0.3, -0.25) is 19.3 Å². The molecule has 0 bridgehead atoms. The molecular weight excluding hydrogens is 711 g/mol. The lowest BCUT2D eigenvalue weighted by atomic mass is 9.87. The van der Waals surface area contributed by atoms with E-state index in [-0.39, 0.29) is 23.1 Å². The maximum atomic E-state index is 13.4. The van der Waals surface area contributed by atoms with Crippen LogP contribution in [0, 0.1) is 0 Å². The van der Waals surface area contributed by atoms with Crippen molar-refractivity contribution in [2.75, 3.05) is 74.3 Å². The first-order valence-electron chi connectivity index (χ1n) is 19.7. The molecule has 0 saturated carbocycles. The molecule has 6 rings (SSSR count). The molecule has 300 valence electrons. The number of ketones is 2. The van der Waals surface area contributed by atoms with E-state index in [2.05, 4.69) is 51.4 Å². The molecule has 12 nitrogen and oxygen atoms in total. The number of likely N-dealkylation sites (tertiary alicyclic amines) is 1. The molecule has 2 saturated heterocycles. The number of nitrogens with zero attached hydrogens (tertiary/aromatic N) is 3. The molecule has 56 heavy (non-hydrogen) atoms. The highest BCUT2D eigenvalue weighted by Crippen LogP contribution is 2.42. The number of rotatable bonds is 15. The Kier molecular flexibility index (Phi) is 12.9. The van der Waals surface area contributed by atoms with E-state index in [1.165, 1.54) is 12.5 Å². The van der Waals surface area contributed by atoms with Crippen molar-refractivity contribution in [2.45, 2.75) is 64.5 Å². The maximum Gasteiger partial charge on any atom is 0.222 e. The highest BCUT2D eigenvalue weighted by molar-refractivity contribution is 6.09. The van der Waals surface area contributed by atoms with Gasteiger partial charge in [0.1, 0.15) is 17.2 Å². The second-order valence-corrected chi connectivity index (χ2v) is 15.0. The van der Waals surface area contributed by atoms with Crippen molar-refractivity contribution in [3.8, 4) is 17.2 Å². The normalized spacial score (nSPS) is 18.1. The Morgan fingerprint density at radius 2 is 1.77 bits per heavy atom. The van der Waals surface area contributed by atoms with Crippen LogP contribution in [0.5, 0.6) is 17.2 Å². The van der Waals surface area contributed by atoms with Gasteiger partial charge in [0.05, 0.1) is 50.0 Å². The van der Waals surface area contributed by atoms with E-state index in [0.717, 1.165) is 71.2 Å². The number of carbonyl (C=O) groups excluding carboxylic acids is 3. The van der Waals surface area contributed by atoms with E-state index in [9.17, 15) is 14.4 Å². The molecule has 0 atom stereocenters. The first-order valence-corrected chi connectivity index (χ1v) is 19.7. The SMILES string of the molecule is C=C1C2=C(CNC(NC)=C2)C(c2cc(OC)c(CN3CCC4(CC3)CN(C(=O)CCCCOc3cccc(C(=O)CC)c3C(C)=O)CCO4)c(OC)c2)=CN1C. The molecule has 2 aromatic carbocycles. The molecule has 4 heterocycles. The van der Waals surface area contributed by atoms with Crippen LogP contribution in [0.25, 0.3) is 5.57 Å². The molecule has 12 heteroatoms. The Balaban J connectivity index is 1.03. The van der Waals surface area contributed by atoms with E-state index >= 15 is 0 Å². The van der Waals surface area contributed by atoms with Crippen molar-refractivity contribution in [1.82, 2.24) is 25.3 Å². The number of hydrogen-bond donors (Lipinski definition) is 2. The zero-order valence-corrected chi connectivity index (χ0v) is 33.8. The van der Waals surface area contributed by atoms with Crippen molar-refractivity contribution in [3.63, 3.8) is 0 Å². The van der Waals surface area contributed by atoms with Crippen LogP contribution in [0.1, 0.15) is 84.2 Å². The predicted octanol–water partition coefficient (Wildman–Crippen LogP) is 5.70. The summed E-state index contributed by atoms with van der Waals surface area (Å²) < 4.78 is 24.4. The summed E-state index contributed by atoms with van der Waals surface area (Å²) in [6, 6.07) is 9.35. The number of amides is 1. The van der Waals surface area contributed by atoms with Gasteiger partial charge in [-0.25, -0.2) is 0 Å². The van der Waals surface area contributed by atoms with E-state index in [0.29, 0.717) is 82.0 Å². The zero-order chi connectivity index (χ0) is 40.0. The molecular formula is C44H57N5O7. The lowest BCUT2D eigenvalue weighted by Gasteiger charge is -2.47. The van der Waals surface area contributed by atoms with E-state index in [1.54, 1.807) is 39.3 Å². The van der Waals surface area contributed by atoms with Crippen molar-refractivity contribution >= 4 is 23.0 Å². The largest absolute Gasteiger partial charge is 0.496 e. The number of morpholine rings is 1. The average Bonchev–Trinajstić information content (AvgIpc) is 3.22. The quantitative estimate of drug-likeness (QED) is 0.172. The van der Waals surface area contributed by atoms with Gasteiger partial charge in [0.2, 0.25) is 5.91 Å². The number of dihydropyridines is 1. The first kappa shape index (κ1) is 40.6.